The van der Waals surface area contributed by atoms with Crippen LogP contribution in [0.25, 0.3) is 10.9 Å². The number of hydrogen-bond acceptors (Lipinski definition) is 2. The van der Waals surface area contributed by atoms with Crippen LogP contribution in [0.4, 0.5) is 4.39 Å². The molecule has 3 aromatic rings. The molecule has 4 nitrogen and oxygen atoms in total. The highest BCUT2D eigenvalue weighted by Gasteiger charge is 2.08. The lowest BCUT2D eigenvalue weighted by Crippen LogP contribution is -2.03. The minimum absolute atomic E-state index is 0.207. The zero-order valence-electron chi connectivity index (χ0n) is 10.5. The summed E-state index contributed by atoms with van der Waals surface area (Å²) in [7, 11) is 0. The topological polar surface area (TPSA) is 55.1 Å². The van der Waals surface area contributed by atoms with Gasteiger partial charge in [0.1, 0.15) is 5.82 Å². The predicted octanol–water partition coefficient (Wildman–Crippen LogP) is 2.92. The van der Waals surface area contributed by atoms with E-state index in [2.05, 4.69) is 5.10 Å². The highest BCUT2D eigenvalue weighted by Crippen LogP contribution is 2.17. The summed E-state index contributed by atoms with van der Waals surface area (Å²) in [6.45, 7) is 0.393. The third kappa shape index (κ3) is 2.25. The number of aromatic nitrogens is 2. The van der Waals surface area contributed by atoms with Crippen molar-refractivity contribution in [3.8, 4) is 0 Å². The van der Waals surface area contributed by atoms with Crippen LogP contribution >= 0.6 is 0 Å². The van der Waals surface area contributed by atoms with Crippen LogP contribution in [0.2, 0.25) is 0 Å². The Balaban J connectivity index is 2.03. The third-order valence-corrected chi connectivity index (χ3v) is 3.11. The van der Waals surface area contributed by atoms with Crippen LogP contribution in [0.5, 0.6) is 0 Å². The molecule has 20 heavy (non-hydrogen) atoms. The van der Waals surface area contributed by atoms with Crippen LogP contribution in [0.3, 0.4) is 0 Å². The highest BCUT2D eigenvalue weighted by atomic mass is 19.1. The average Bonchev–Trinajstić information content (AvgIpc) is 2.81. The van der Waals surface area contributed by atoms with Gasteiger partial charge in [-0.1, -0.05) is 18.2 Å². The monoisotopic (exact) mass is 270 g/mol. The van der Waals surface area contributed by atoms with Gasteiger partial charge in [0.15, 0.2) is 0 Å². The number of carboxylic acids is 1. The lowest BCUT2D eigenvalue weighted by molar-refractivity contribution is 0.0697. The Morgan fingerprint density at radius 1 is 1.25 bits per heavy atom. The van der Waals surface area contributed by atoms with Crippen LogP contribution in [-0.4, -0.2) is 20.9 Å². The molecule has 1 aromatic heterocycles. The molecule has 0 spiro atoms. The number of fused-ring (bicyclic) bond motifs is 1. The maximum atomic E-state index is 13.2. The lowest BCUT2D eigenvalue weighted by Gasteiger charge is -2.04. The maximum Gasteiger partial charge on any atom is 0.335 e. The molecule has 0 unspecified atom stereocenters. The van der Waals surface area contributed by atoms with Gasteiger partial charge in [0.2, 0.25) is 0 Å². The van der Waals surface area contributed by atoms with Crippen molar-refractivity contribution >= 4 is 16.9 Å². The zero-order chi connectivity index (χ0) is 14.1. The normalized spacial score (nSPS) is 10.8. The number of benzene rings is 2. The molecule has 2 aromatic carbocycles. The molecule has 0 amide bonds. The van der Waals surface area contributed by atoms with Crippen molar-refractivity contribution in [1.82, 2.24) is 9.78 Å². The van der Waals surface area contributed by atoms with Crippen molar-refractivity contribution in [3.05, 3.63) is 65.6 Å². The van der Waals surface area contributed by atoms with E-state index in [1.807, 2.05) is 0 Å². The molecule has 0 aliphatic carbocycles. The Labute approximate surface area is 114 Å². The van der Waals surface area contributed by atoms with Crippen LogP contribution in [0.15, 0.2) is 48.7 Å². The van der Waals surface area contributed by atoms with E-state index in [9.17, 15) is 9.18 Å². The molecular formula is C15H11FN2O2. The summed E-state index contributed by atoms with van der Waals surface area (Å²) in [4.78, 5) is 11.0. The molecule has 1 N–H and O–H groups in total. The summed E-state index contributed by atoms with van der Waals surface area (Å²) in [5, 5.41) is 14.1. The number of carboxylic acid groups (broad SMARTS) is 1. The van der Waals surface area contributed by atoms with Gasteiger partial charge in [-0.2, -0.15) is 5.10 Å². The van der Waals surface area contributed by atoms with Crippen molar-refractivity contribution in [2.75, 3.05) is 0 Å². The first-order valence-corrected chi connectivity index (χ1v) is 6.07. The number of hydrogen-bond donors (Lipinski definition) is 1. The van der Waals surface area contributed by atoms with Gasteiger partial charge in [0.25, 0.3) is 0 Å². The van der Waals surface area contributed by atoms with E-state index in [4.69, 9.17) is 5.11 Å². The highest BCUT2D eigenvalue weighted by molar-refractivity contribution is 5.93. The second kappa shape index (κ2) is 4.77. The quantitative estimate of drug-likeness (QED) is 0.796. The van der Waals surface area contributed by atoms with E-state index >= 15 is 0 Å². The number of aromatic carboxylic acids is 1. The predicted molar refractivity (Wildman–Crippen MR) is 72.2 cm³/mol. The fourth-order valence-corrected chi connectivity index (χ4v) is 2.14. The molecule has 3 rings (SSSR count). The minimum atomic E-state index is -0.981. The Bertz CT molecular complexity index is 795. The molecule has 0 radical (unpaired) electrons. The fourth-order valence-electron chi connectivity index (χ4n) is 2.14. The van der Waals surface area contributed by atoms with Gasteiger partial charge in [0.05, 0.1) is 23.8 Å². The van der Waals surface area contributed by atoms with E-state index in [0.29, 0.717) is 12.1 Å². The maximum absolute atomic E-state index is 13.2. The first kappa shape index (κ1) is 12.3. The molecule has 0 fully saturated rings. The van der Waals surface area contributed by atoms with Crippen molar-refractivity contribution < 1.29 is 14.3 Å². The van der Waals surface area contributed by atoms with Gasteiger partial charge in [0, 0.05) is 5.39 Å². The van der Waals surface area contributed by atoms with Gasteiger partial charge in [-0.15, -0.1) is 0 Å². The van der Waals surface area contributed by atoms with Crippen LogP contribution < -0.4 is 0 Å². The summed E-state index contributed by atoms with van der Waals surface area (Å²) < 4.78 is 14.8. The smallest absolute Gasteiger partial charge is 0.335 e. The molecule has 0 aliphatic heterocycles. The largest absolute Gasteiger partial charge is 0.478 e. The summed E-state index contributed by atoms with van der Waals surface area (Å²) >= 11 is 0. The van der Waals surface area contributed by atoms with Crippen molar-refractivity contribution in [3.63, 3.8) is 0 Å². The molecule has 100 valence electrons. The van der Waals surface area contributed by atoms with Gasteiger partial charge >= 0.3 is 5.97 Å². The molecule has 0 saturated carbocycles. The summed E-state index contributed by atoms with van der Waals surface area (Å²) in [6, 6.07) is 11.1. The number of rotatable bonds is 3. The lowest BCUT2D eigenvalue weighted by atomic mass is 10.1. The standard InChI is InChI=1S/C15H11FN2O2/c16-13-3-1-2-10(6-13)9-18-14-7-11(15(19)20)4-5-12(14)8-17-18/h1-8H,9H2,(H,19,20). The zero-order valence-corrected chi connectivity index (χ0v) is 10.5. The molecule has 0 atom stereocenters. The number of halogens is 1. The summed E-state index contributed by atoms with van der Waals surface area (Å²) in [5.41, 5.74) is 1.70. The minimum Gasteiger partial charge on any atom is -0.478 e. The van der Waals surface area contributed by atoms with Gasteiger partial charge in [-0.3, -0.25) is 4.68 Å². The second-order valence-electron chi connectivity index (χ2n) is 4.51. The third-order valence-electron chi connectivity index (χ3n) is 3.11. The van der Waals surface area contributed by atoms with E-state index in [1.165, 1.54) is 12.1 Å². The van der Waals surface area contributed by atoms with E-state index < -0.39 is 5.97 Å². The molecule has 5 heteroatoms. The van der Waals surface area contributed by atoms with Crippen molar-refractivity contribution in [2.24, 2.45) is 0 Å². The van der Waals surface area contributed by atoms with Gasteiger partial charge in [-0.05, 0) is 29.8 Å². The average molecular weight is 270 g/mol. The van der Waals surface area contributed by atoms with E-state index in [-0.39, 0.29) is 11.4 Å². The Kier molecular flexibility index (Phi) is 2.95. The van der Waals surface area contributed by atoms with E-state index in [0.717, 1.165) is 10.9 Å². The van der Waals surface area contributed by atoms with Crippen LogP contribution in [-0.2, 0) is 6.54 Å². The first-order valence-electron chi connectivity index (χ1n) is 6.07. The molecule has 0 saturated heterocycles. The molecule has 1 heterocycles. The fraction of sp³-hybridized carbons (Fsp3) is 0.0667. The van der Waals surface area contributed by atoms with Crippen LogP contribution in [0, 0.1) is 5.82 Å². The Hall–Kier alpha value is -2.69. The number of carbonyl (C=O) groups is 1. The summed E-state index contributed by atoms with van der Waals surface area (Å²) in [5.74, 6) is -1.28. The molecule has 0 aliphatic rings. The second-order valence-corrected chi connectivity index (χ2v) is 4.51. The summed E-state index contributed by atoms with van der Waals surface area (Å²) in [6.07, 6.45) is 1.67. The SMILES string of the molecule is O=C(O)c1ccc2cnn(Cc3cccc(F)c3)c2c1. The van der Waals surface area contributed by atoms with Gasteiger partial charge in [-0.25, -0.2) is 9.18 Å². The van der Waals surface area contributed by atoms with Gasteiger partial charge < -0.3 is 5.11 Å². The van der Waals surface area contributed by atoms with E-state index in [1.54, 1.807) is 41.2 Å². The Morgan fingerprint density at radius 3 is 2.85 bits per heavy atom. The molecule has 0 bridgehead atoms. The molecular weight excluding hydrogens is 259 g/mol. The van der Waals surface area contributed by atoms with Crippen molar-refractivity contribution in [2.45, 2.75) is 6.54 Å². The Morgan fingerprint density at radius 2 is 2.10 bits per heavy atom. The van der Waals surface area contributed by atoms with Crippen molar-refractivity contribution in [1.29, 1.82) is 0 Å². The number of nitrogens with zero attached hydrogens (tertiary/aromatic N) is 2. The van der Waals surface area contributed by atoms with Crippen LogP contribution in [0.1, 0.15) is 15.9 Å². The first-order chi connectivity index (χ1) is 9.63.